The van der Waals surface area contributed by atoms with Crippen molar-refractivity contribution in [3.8, 4) is 17.2 Å². The zero-order valence-electron chi connectivity index (χ0n) is 11.4. The van der Waals surface area contributed by atoms with Gasteiger partial charge in [-0.05, 0) is 42.5 Å². The zero-order chi connectivity index (χ0) is 16.6. The van der Waals surface area contributed by atoms with Gasteiger partial charge < -0.3 is 9.84 Å². The van der Waals surface area contributed by atoms with Crippen LogP contribution in [0.1, 0.15) is 5.69 Å². The lowest BCUT2D eigenvalue weighted by Crippen LogP contribution is -2.08. The van der Waals surface area contributed by atoms with E-state index in [1.54, 1.807) is 0 Å². The predicted octanol–water partition coefficient (Wildman–Crippen LogP) is 5.40. The van der Waals surface area contributed by atoms with Crippen molar-refractivity contribution in [2.45, 2.75) is 6.18 Å². The van der Waals surface area contributed by atoms with E-state index in [1.807, 2.05) is 0 Å². The second-order valence-corrected chi connectivity index (χ2v) is 5.20. The molecule has 3 aromatic rings. The summed E-state index contributed by atoms with van der Waals surface area (Å²) in [6.07, 6.45) is -4.60. The Morgan fingerprint density at radius 1 is 1.00 bits per heavy atom. The van der Waals surface area contributed by atoms with Gasteiger partial charge in [0.25, 0.3) is 0 Å². The molecule has 1 N–H and O–H groups in total. The van der Waals surface area contributed by atoms with Crippen LogP contribution in [0.4, 0.5) is 13.2 Å². The number of pyridine rings is 1. The molecule has 2 aromatic carbocycles. The molecule has 23 heavy (non-hydrogen) atoms. The van der Waals surface area contributed by atoms with Gasteiger partial charge in [-0.3, -0.25) is 0 Å². The number of aromatic hydroxyl groups is 1. The molecule has 0 atom stereocenters. The van der Waals surface area contributed by atoms with Crippen LogP contribution in [0.25, 0.3) is 10.9 Å². The molecule has 0 saturated heterocycles. The summed E-state index contributed by atoms with van der Waals surface area (Å²) >= 11 is 5.91. The van der Waals surface area contributed by atoms with Gasteiger partial charge >= 0.3 is 6.18 Å². The fourth-order valence-electron chi connectivity index (χ4n) is 2.04. The quantitative estimate of drug-likeness (QED) is 0.679. The molecule has 0 spiro atoms. The molecule has 0 unspecified atom stereocenters. The molecule has 7 heteroatoms. The highest BCUT2D eigenvalue weighted by Crippen LogP contribution is 2.37. The van der Waals surface area contributed by atoms with Crippen LogP contribution in [0.5, 0.6) is 17.2 Å². The highest BCUT2D eigenvalue weighted by atomic mass is 35.5. The van der Waals surface area contributed by atoms with Gasteiger partial charge in [0.05, 0.1) is 5.52 Å². The molecule has 0 aliphatic carbocycles. The van der Waals surface area contributed by atoms with Crippen LogP contribution in [0.3, 0.4) is 0 Å². The number of alkyl halides is 3. The molecular weight excluding hydrogens is 331 g/mol. The van der Waals surface area contributed by atoms with Crippen molar-refractivity contribution in [1.29, 1.82) is 0 Å². The SMILES string of the molecule is Oc1ccc(Oc2cc(C(F)(F)F)nc3ccc(Cl)cc23)cc1. The monoisotopic (exact) mass is 339 g/mol. The Kier molecular flexibility index (Phi) is 3.77. The van der Waals surface area contributed by atoms with E-state index >= 15 is 0 Å². The molecule has 3 rings (SSSR count). The summed E-state index contributed by atoms with van der Waals surface area (Å²) in [6, 6.07) is 10.8. The fourth-order valence-corrected chi connectivity index (χ4v) is 2.21. The van der Waals surface area contributed by atoms with Crippen LogP contribution in [0, 0.1) is 0 Å². The Hall–Kier alpha value is -2.47. The first-order chi connectivity index (χ1) is 10.8. The summed E-state index contributed by atoms with van der Waals surface area (Å²) in [5, 5.41) is 9.97. The van der Waals surface area contributed by atoms with E-state index in [4.69, 9.17) is 16.3 Å². The number of phenolic OH excluding ortho intramolecular Hbond substituents is 1. The molecular formula is C16H9ClF3NO2. The van der Waals surface area contributed by atoms with Gasteiger partial charge in [0.2, 0.25) is 0 Å². The molecule has 0 aliphatic heterocycles. The Morgan fingerprint density at radius 2 is 1.70 bits per heavy atom. The van der Waals surface area contributed by atoms with Crippen molar-refractivity contribution in [2.75, 3.05) is 0 Å². The summed E-state index contributed by atoms with van der Waals surface area (Å²) in [6.45, 7) is 0. The molecule has 0 aliphatic rings. The molecule has 0 radical (unpaired) electrons. The van der Waals surface area contributed by atoms with E-state index < -0.39 is 11.9 Å². The molecule has 0 saturated carbocycles. The number of nitrogens with zero attached hydrogens (tertiary/aromatic N) is 1. The smallest absolute Gasteiger partial charge is 0.433 e. The first kappa shape index (κ1) is 15.4. The van der Waals surface area contributed by atoms with E-state index in [1.165, 1.54) is 42.5 Å². The number of hydrogen-bond donors (Lipinski definition) is 1. The molecule has 3 nitrogen and oxygen atoms in total. The van der Waals surface area contributed by atoms with Crippen LogP contribution in [-0.4, -0.2) is 10.1 Å². The lowest BCUT2D eigenvalue weighted by atomic mass is 10.1. The number of halogens is 4. The van der Waals surface area contributed by atoms with Crippen LogP contribution in [0.15, 0.2) is 48.5 Å². The van der Waals surface area contributed by atoms with Crippen molar-refractivity contribution >= 4 is 22.5 Å². The van der Waals surface area contributed by atoms with Crippen molar-refractivity contribution < 1.29 is 23.0 Å². The first-order valence-corrected chi connectivity index (χ1v) is 6.85. The first-order valence-electron chi connectivity index (χ1n) is 6.47. The average molecular weight is 340 g/mol. The van der Waals surface area contributed by atoms with E-state index in [2.05, 4.69) is 4.98 Å². The maximum atomic E-state index is 13.0. The summed E-state index contributed by atoms with van der Waals surface area (Å²) in [7, 11) is 0. The van der Waals surface area contributed by atoms with E-state index in [0.717, 1.165) is 6.07 Å². The highest BCUT2D eigenvalue weighted by Gasteiger charge is 2.33. The average Bonchev–Trinajstić information content (AvgIpc) is 2.49. The molecule has 0 fully saturated rings. The third-order valence-electron chi connectivity index (χ3n) is 3.09. The van der Waals surface area contributed by atoms with Crippen molar-refractivity contribution in [2.24, 2.45) is 0 Å². The summed E-state index contributed by atoms with van der Waals surface area (Å²) < 4.78 is 44.5. The lowest BCUT2D eigenvalue weighted by Gasteiger charge is -2.13. The summed E-state index contributed by atoms with van der Waals surface area (Å²) in [5.41, 5.74) is -0.931. The molecule has 118 valence electrons. The lowest BCUT2D eigenvalue weighted by molar-refractivity contribution is -0.141. The minimum atomic E-state index is -4.60. The Labute approximate surface area is 133 Å². The second kappa shape index (κ2) is 5.62. The standard InChI is InChI=1S/C16H9ClF3NO2/c17-9-1-6-13-12(7-9)14(8-15(21-13)16(18,19)20)23-11-4-2-10(22)3-5-11/h1-8,22H. The molecule has 1 heterocycles. The fraction of sp³-hybridized carbons (Fsp3) is 0.0625. The number of aromatic nitrogens is 1. The van der Waals surface area contributed by atoms with E-state index in [0.29, 0.717) is 10.4 Å². The van der Waals surface area contributed by atoms with Gasteiger partial charge in [-0.25, -0.2) is 4.98 Å². The van der Waals surface area contributed by atoms with Crippen molar-refractivity contribution in [1.82, 2.24) is 4.98 Å². The number of phenols is 1. The Balaban J connectivity index is 2.15. The van der Waals surface area contributed by atoms with Crippen LogP contribution in [0.2, 0.25) is 5.02 Å². The van der Waals surface area contributed by atoms with Gasteiger partial charge in [-0.2, -0.15) is 13.2 Å². The van der Waals surface area contributed by atoms with E-state index in [9.17, 15) is 18.3 Å². The number of hydrogen-bond acceptors (Lipinski definition) is 3. The minimum absolute atomic E-state index is 0.0180. The van der Waals surface area contributed by atoms with Gasteiger partial charge in [-0.1, -0.05) is 11.6 Å². The maximum absolute atomic E-state index is 13.0. The van der Waals surface area contributed by atoms with Crippen molar-refractivity contribution in [3.63, 3.8) is 0 Å². The zero-order valence-corrected chi connectivity index (χ0v) is 12.2. The number of rotatable bonds is 2. The molecule has 1 aromatic heterocycles. The largest absolute Gasteiger partial charge is 0.508 e. The normalized spacial score (nSPS) is 11.7. The third kappa shape index (κ3) is 3.32. The number of fused-ring (bicyclic) bond motifs is 1. The van der Waals surface area contributed by atoms with Crippen LogP contribution >= 0.6 is 11.6 Å². The van der Waals surface area contributed by atoms with Gasteiger partial charge in [0.1, 0.15) is 22.9 Å². The van der Waals surface area contributed by atoms with Gasteiger partial charge in [0, 0.05) is 16.5 Å². The molecule has 0 amide bonds. The summed E-state index contributed by atoms with van der Waals surface area (Å²) in [4.78, 5) is 3.60. The number of benzene rings is 2. The topological polar surface area (TPSA) is 42.4 Å². The maximum Gasteiger partial charge on any atom is 0.433 e. The Bertz CT molecular complexity index is 864. The third-order valence-corrected chi connectivity index (χ3v) is 3.32. The summed E-state index contributed by atoms with van der Waals surface area (Å²) in [5.74, 6) is 0.287. The van der Waals surface area contributed by atoms with Crippen molar-refractivity contribution in [3.05, 3.63) is 59.2 Å². The second-order valence-electron chi connectivity index (χ2n) is 4.76. The minimum Gasteiger partial charge on any atom is -0.508 e. The van der Waals surface area contributed by atoms with Crippen LogP contribution < -0.4 is 4.74 Å². The number of ether oxygens (including phenoxy) is 1. The van der Waals surface area contributed by atoms with E-state index in [-0.39, 0.29) is 22.8 Å². The highest BCUT2D eigenvalue weighted by molar-refractivity contribution is 6.31. The molecule has 0 bridgehead atoms. The van der Waals surface area contributed by atoms with Gasteiger partial charge in [-0.15, -0.1) is 0 Å². The van der Waals surface area contributed by atoms with Crippen LogP contribution in [-0.2, 0) is 6.18 Å². The van der Waals surface area contributed by atoms with Gasteiger partial charge in [0.15, 0.2) is 0 Å². The predicted molar refractivity (Wildman–Crippen MR) is 79.9 cm³/mol. The Morgan fingerprint density at radius 3 is 2.35 bits per heavy atom.